The van der Waals surface area contributed by atoms with Gasteiger partial charge in [-0.15, -0.1) is 0 Å². The van der Waals surface area contributed by atoms with Gasteiger partial charge in [-0.25, -0.2) is 9.18 Å². The molecule has 40 heavy (non-hydrogen) atoms. The van der Waals surface area contributed by atoms with Crippen molar-refractivity contribution in [2.45, 2.75) is 65.7 Å². The number of primary amides is 1. The van der Waals surface area contributed by atoms with Crippen LogP contribution < -0.4 is 21.7 Å². The Kier molecular flexibility index (Phi) is 20.4. The van der Waals surface area contributed by atoms with Crippen molar-refractivity contribution in [3.63, 3.8) is 0 Å². The number of urea groups is 1. The number of nitrogens with two attached hydrogens (primary N) is 1. The van der Waals surface area contributed by atoms with Gasteiger partial charge in [0.2, 0.25) is 5.91 Å². The molecule has 6 N–H and O–H groups in total. The molecule has 224 valence electrons. The van der Waals surface area contributed by atoms with Gasteiger partial charge >= 0.3 is 6.03 Å². The van der Waals surface area contributed by atoms with Crippen LogP contribution in [0.4, 0.5) is 20.6 Å². The first-order chi connectivity index (χ1) is 19.2. The normalized spacial score (nSPS) is 12.3. The van der Waals surface area contributed by atoms with Crippen LogP contribution in [0.3, 0.4) is 0 Å². The van der Waals surface area contributed by atoms with E-state index in [4.69, 9.17) is 11.1 Å². The largest absolute Gasteiger partial charge is 0.388 e. The SMILES string of the molecule is CC.CN(CCCc1ccc(F)cc1)CC1CCCCC1.CNC(C)=O.CNc1ccc(NC(N)=O)cc1C=N. The summed E-state index contributed by atoms with van der Waals surface area (Å²) in [5.74, 6) is 0.785. The summed E-state index contributed by atoms with van der Waals surface area (Å²) < 4.78 is 12.8. The first-order valence-corrected chi connectivity index (χ1v) is 14.2. The molecule has 3 rings (SSSR count). The Bertz CT molecular complexity index is 978. The van der Waals surface area contributed by atoms with E-state index in [0.29, 0.717) is 11.3 Å². The fourth-order valence-corrected chi connectivity index (χ4v) is 4.24. The number of carbonyl (C=O) groups excluding carboxylic acids is 2. The number of halogens is 1. The lowest BCUT2D eigenvalue weighted by atomic mass is 9.89. The standard InChI is InChI=1S/C17H26FN.C9H12N4O.C3H7NO.C2H6/c1-19(14-16-6-3-2-4-7-16)13-5-8-15-9-11-17(18)12-10-15;1-12-8-3-2-7(13-9(11)14)4-6(8)5-10;1-3(5)4-2;1-2/h9-12,16H,2-8,13-14H2,1H3;2-5,10,12H,1H3,(H3,11,13,14);1-2H3,(H,4,5);1-2H3. The number of benzene rings is 2. The highest BCUT2D eigenvalue weighted by Crippen LogP contribution is 2.24. The van der Waals surface area contributed by atoms with Gasteiger partial charge in [-0.05, 0) is 81.1 Å². The van der Waals surface area contributed by atoms with Crippen molar-refractivity contribution < 1.29 is 14.0 Å². The van der Waals surface area contributed by atoms with E-state index in [1.54, 1.807) is 44.4 Å². The number of aryl methyl sites for hydroxylation is 1. The number of carbonyl (C=O) groups is 2. The summed E-state index contributed by atoms with van der Waals surface area (Å²) >= 11 is 0. The van der Waals surface area contributed by atoms with E-state index >= 15 is 0 Å². The van der Waals surface area contributed by atoms with E-state index in [-0.39, 0.29) is 11.7 Å². The van der Waals surface area contributed by atoms with Crippen LogP contribution in [0.25, 0.3) is 0 Å². The monoisotopic (exact) mass is 558 g/mol. The average Bonchev–Trinajstić information content (AvgIpc) is 2.96. The maximum Gasteiger partial charge on any atom is 0.316 e. The minimum absolute atomic E-state index is 0.00463. The average molecular weight is 559 g/mol. The van der Waals surface area contributed by atoms with E-state index < -0.39 is 6.03 Å². The maximum atomic E-state index is 12.8. The molecule has 0 saturated heterocycles. The summed E-state index contributed by atoms with van der Waals surface area (Å²) in [5.41, 5.74) is 8.31. The third-order valence-electron chi connectivity index (χ3n) is 6.31. The zero-order valence-electron chi connectivity index (χ0n) is 25.3. The molecule has 0 atom stereocenters. The molecule has 3 amide bonds. The molecule has 2 aromatic rings. The highest BCUT2D eigenvalue weighted by atomic mass is 19.1. The molecule has 0 spiro atoms. The Labute approximate surface area is 240 Å². The highest BCUT2D eigenvalue weighted by molar-refractivity contribution is 5.92. The van der Waals surface area contributed by atoms with E-state index in [0.717, 1.165) is 31.0 Å². The second kappa shape index (κ2) is 22.4. The zero-order chi connectivity index (χ0) is 30.3. The van der Waals surface area contributed by atoms with Gasteiger partial charge in [0.25, 0.3) is 0 Å². The molecular weight excluding hydrogens is 507 g/mol. The molecule has 8 nitrogen and oxygen atoms in total. The van der Waals surface area contributed by atoms with Crippen molar-refractivity contribution in [1.82, 2.24) is 10.2 Å². The van der Waals surface area contributed by atoms with Gasteiger partial charge < -0.3 is 32.0 Å². The fraction of sp³-hybridized carbons (Fsp3) is 0.516. The number of anilines is 2. The first-order valence-electron chi connectivity index (χ1n) is 14.2. The van der Waals surface area contributed by atoms with Crippen LogP contribution in [0, 0.1) is 17.1 Å². The topological polar surface area (TPSA) is 123 Å². The third kappa shape index (κ3) is 17.2. The number of rotatable bonds is 9. The minimum Gasteiger partial charge on any atom is -0.388 e. The van der Waals surface area contributed by atoms with Crippen LogP contribution >= 0.6 is 0 Å². The summed E-state index contributed by atoms with van der Waals surface area (Å²) in [6.07, 6.45) is 10.5. The summed E-state index contributed by atoms with van der Waals surface area (Å²) in [6.45, 7) is 7.87. The van der Waals surface area contributed by atoms with E-state index in [2.05, 4.69) is 27.9 Å². The smallest absolute Gasteiger partial charge is 0.316 e. The van der Waals surface area contributed by atoms with Gasteiger partial charge in [0.05, 0.1) is 0 Å². The van der Waals surface area contributed by atoms with Gasteiger partial charge in [0.1, 0.15) is 5.82 Å². The summed E-state index contributed by atoms with van der Waals surface area (Å²) in [6, 6.07) is 11.5. The second-order valence-corrected chi connectivity index (χ2v) is 9.49. The van der Waals surface area contributed by atoms with E-state index in [1.165, 1.54) is 57.4 Å². The van der Waals surface area contributed by atoms with Crippen molar-refractivity contribution >= 4 is 29.5 Å². The van der Waals surface area contributed by atoms with Crippen molar-refractivity contribution in [3.05, 3.63) is 59.4 Å². The van der Waals surface area contributed by atoms with Crippen LogP contribution in [0.1, 0.15) is 70.4 Å². The van der Waals surface area contributed by atoms with Crippen LogP contribution in [0.2, 0.25) is 0 Å². The van der Waals surface area contributed by atoms with Gasteiger partial charge in [0, 0.05) is 50.7 Å². The molecule has 2 aromatic carbocycles. The fourth-order valence-electron chi connectivity index (χ4n) is 4.24. The molecule has 0 unspecified atom stereocenters. The highest BCUT2D eigenvalue weighted by Gasteiger charge is 2.15. The van der Waals surface area contributed by atoms with Crippen molar-refractivity contribution in [2.24, 2.45) is 11.7 Å². The summed E-state index contributed by atoms with van der Waals surface area (Å²) in [5, 5.41) is 14.9. The van der Waals surface area contributed by atoms with E-state index in [1.807, 2.05) is 26.0 Å². The molecular formula is C31H51FN6O2. The Morgan fingerprint density at radius 2 is 1.68 bits per heavy atom. The van der Waals surface area contributed by atoms with Gasteiger partial charge in [-0.2, -0.15) is 0 Å². The molecule has 0 bridgehead atoms. The quantitative estimate of drug-likeness (QED) is 0.233. The van der Waals surface area contributed by atoms with Crippen LogP contribution in [-0.4, -0.2) is 57.3 Å². The number of nitrogens with zero attached hydrogens (tertiary/aromatic N) is 1. The Balaban J connectivity index is 0.000000636. The van der Waals surface area contributed by atoms with Gasteiger partial charge in [-0.3, -0.25) is 4.79 Å². The molecule has 0 aliphatic heterocycles. The lowest BCUT2D eigenvalue weighted by molar-refractivity contribution is -0.118. The van der Waals surface area contributed by atoms with Gasteiger partial charge in [0.15, 0.2) is 0 Å². The number of hydrogen-bond donors (Lipinski definition) is 5. The number of amides is 3. The van der Waals surface area contributed by atoms with Crippen LogP contribution in [0.15, 0.2) is 42.5 Å². The Morgan fingerprint density at radius 1 is 1.07 bits per heavy atom. The molecule has 1 aliphatic carbocycles. The van der Waals surface area contributed by atoms with Crippen molar-refractivity contribution in [1.29, 1.82) is 5.41 Å². The third-order valence-corrected chi connectivity index (χ3v) is 6.31. The lowest BCUT2D eigenvalue weighted by Crippen LogP contribution is -2.28. The second-order valence-electron chi connectivity index (χ2n) is 9.49. The molecule has 0 radical (unpaired) electrons. The van der Waals surface area contributed by atoms with Crippen molar-refractivity contribution in [3.8, 4) is 0 Å². The molecule has 1 fully saturated rings. The molecule has 9 heteroatoms. The molecule has 0 aromatic heterocycles. The molecule has 0 heterocycles. The van der Waals surface area contributed by atoms with Crippen LogP contribution in [-0.2, 0) is 11.2 Å². The van der Waals surface area contributed by atoms with Gasteiger partial charge in [-0.1, -0.05) is 45.2 Å². The zero-order valence-corrected chi connectivity index (χ0v) is 25.3. The predicted octanol–water partition coefficient (Wildman–Crippen LogP) is 6.27. The van der Waals surface area contributed by atoms with E-state index in [9.17, 15) is 14.0 Å². The predicted molar refractivity (Wildman–Crippen MR) is 167 cm³/mol. The first kappa shape index (κ1) is 36.5. The Morgan fingerprint density at radius 3 is 2.17 bits per heavy atom. The number of nitrogens with one attached hydrogen (secondary N) is 4. The Hall–Kier alpha value is -3.46. The maximum absolute atomic E-state index is 12.8. The summed E-state index contributed by atoms with van der Waals surface area (Å²) in [7, 11) is 5.60. The minimum atomic E-state index is -0.613. The lowest BCUT2D eigenvalue weighted by Gasteiger charge is -2.26. The van der Waals surface area contributed by atoms with Crippen molar-refractivity contribution in [2.75, 3.05) is 44.9 Å². The summed E-state index contributed by atoms with van der Waals surface area (Å²) in [4.78, 5) is 22.7. The molecule has 1 saturated carbocycles. The van der Waals surface area contributed by atoms with Crippen LogP contribution in [0.5, 0.6) is 0 Å². The number of hydrogen-bond acceptors (Lipinski definition) is 5. The molecule has 1 aliphatic rings.